The zero-order valence-electron chi connectivity index (χ0n) is 11.6. The Labute approximate surface area is 125 Å². The Balaban J connectivity index is 2.08. The second-order valence-corrected chi connectivity index (χ2v) is 4.71. The molecule has 2 aromatic carbocycles. The molecule has 1 heterocycles. The van der Waals surface area contributed by atoms with E-state index in [0.717, 1.165) is 4.90 Å². The van der Waals surface area contributed by atoms with Crippen LogP contribution >= 0.6 is 0 Å². The molecular formula is C16H11NO5. The number of benzene rings is 2. The molecular weight excluding hydrogens is 286 g/mol. The van der Waals surface area contributed by atoms with Crippen LogP contribution in [0, 0.1) is 0 Å². The molecule has 3 rings (SSSR count). The van der Waals surface area contributed by atoms with Gasteiger partial charge in [-0.05, 0) is 30.3 Å². The molecule has 0 bridgehead atoms. The third-order valence-electron chi connectivity index (χ3n) is 3.45. The van der Waals surface area contributed by atoms with E-state index >= 15 is 0 Å². The number of hydrogen-bond acceptors (Lipinski definition) is 4. The van der Waals surface area contributed by atoms with Crippen LogP contribution in [0.4, 0.5) is 5.69 Å². The van der Waals surface area contributed by atoms with Crippen LogP contribution in [0.2, 0.25) is 0 Å². The van der Waals surface area contributed by atoms with Crippen LogP contribution in [0.1, 0.15) is 31.1 Å². The lowest BCUT2D eigenvalue weighted by Crippen LogP contribution is -2.29. The maximum Gasteiger partial charge on any atom is 0.335 e. The summed E-state index contributed by atoms with van der Waals surface area (Å²) in [5.74, 6) is -1.66. The fraction of sp³-hybridized carbons (Fsp3) is 0.0625. The second-order valence-electron chi connectivity index (χ2n) is 4.71. The quantitative estimate of drug-likeness (QED) is 0.878. The highest BCUT2D eigenvalue weighted by Crippen LogP contribution is 2.30. The van der Waals surface area contributed by atoms with Crippen molar-refractivity contribution in [1.29, 1.82) is 0 Å². The number of carboxylic acid groups (broad SMARTS) is 1. The first-order valence-electron chi connectivity index (χ1n) is 6.43. The Morgan fingerprint density at radius 3 is 2.45 bits per heavy atom. The molecule has 1 aliphatic heterocycles. The summed E-state index contributed by atoms with van der Waals surface area (Å²) >= 11 is 0. The van der Waals surface area contributed by atoms with Crippen molar-refractivity contribution in [3.8, 4) is 5.75 Å². The molecule has 0 aliphatic carbocycles. The lowest BCUT2D eigenvalue weighted by molar-refractivity contribution is 0.0696. The van der Waals surface area contributed by atoms with Crippen LogP contribution in [-0.4, -0.2) is 30.0 Å². The van der Waals surface area contributed by atoms with Gasteiger partial charge in [-0.2, -0.15) is 0 Å². The van der Waals surface area contributed by atoms with Crippen molar-refractivity contribution in [1.82, 2.24) is 0 Å². The first-order chi connectivity index (χ1) is 10.5. The highest BCUT2D eigenvalue weighted by Gasteiger charge is 2.37. The molecule has 0 saturated heterocycles. The van der Waals surface area contributed by atoms with Crippen molar-refractivity contribution in [3.05, 3.63) is 59.2 Å². The SMILES string of the molecule is COc1cccc(N2C(=O)c3ccc(C(=O)O)cc3C2=O)c1. The van der Waals surface area contributed by atoms with Crippen LogP contribution in [0.15, 0.2) is 42.5 Å². The molecule has 0 aromatic heterocycles. The number of anilines is 1. The molecule has 2 aromatic rings. The molecule has 0 spiro atoms. The minimum Gasteiger partial charge on any atom is -0.497 e. The number of imide groups is 1. The predicted octanol–water partition coefficient (Wildman–Crippen LogP) is 2.19. The van der Waals surface area contributed by atoms with E-state index in [1.54, 1.807) is 24.3 Å². The van der Waals surface area contributed by atoms with Crippen molar-refractivity contribution in [2.45, 2.75) is 0 Å². The standard InChI is InChI=1S/C16H11NO5/c1-22-11-4-2-3-10(8-11)17-14(18)12-6-5-9(16(20)21)7-13(12)15(17)19/h2-8H,1H3,(H,20,21). The van der Waals surface area contributed by atoms with Gasteiger partial charge in [0.1, 0.15) is 5.75 Å². The first-order valence-corrected chi connectivity index (χ1v) is 6.43. The average molecular weight is 297 g/mol. The van der Waals surface area contributed by atoms with Crippen molar-refractivity contribution < 1.29 is 24.2 Å². The van der Waals surface area contributed by atoms with E-state index in [9.17, 15) is 14.4 Å². The second kappa shape index (κ2) is 5.00. The van der Waals surface area contributed by atoms with Crippen molar-refractivity contribution >= 4 is 23.5 Å². The minimum atomic E-state index is -1.15. The molecule has 1 N–H and O–H groups in total. The number of carbonyl (C=O) groups is 3. The fourth-order valence-corrected chi connectivity index (χ4v) is 2.36. The monoisotopic (exact) mass is 297 g/mol. The number of carboxylic acids is 1. The maximum absolute atomic E-state index is 12.5. The lowest BCUT2D eigenvalue weighted by Gasteiger charge is -2.14. The van der Waals surface area contributed by atoms with Gasteiger partial charge in [0.25, 0.3) is 11.8 Å². The van der Waals surface area contributed by atoms with E-state index in [0.29, 0.717) is 11.4 Å². The maximum atomic E-state index is 12.5. The van der Waals surface area contributed by atoms with Crippen LogP contribution in [-0.2, 0) is 0 Å². The first kappa shape index (κ1) is 13.8. The molecule has 22 heavy (non-hydrogen) atoms. The van der Waals surface area contributed by atoms with Crippen molar-refractivity contribution in [2.24, 2.45) is 0 Å². The van der Waals surface area contributed by atoms with E-state index in [-0.39, 0.29) is 16.7 Å². The fourth-order valence-electron chi connectivity index (χ4n) is 2.36. The zero-order chi connectivity index (χ0) is 15.9. The van der Waals surface area contributed by atoms with Crippen LogP contribution in [0.3, 0.4) is 0 Å². The summed E-state index contributed by atoms with van der Waals surface area (Å²) in [6, 6.07) is 10.4. The van der Waals surface area contributed by atoms with Gasteiger partial charge in [0.15, 0.2) is 0 Å². The van der Waals surface area contributed by atoms with E-state index in [1.165, 1.54) is 25.3 Å². The number of carbonyl (C=O) groups excluding carboxylic acids is 2. The largest absolute Gasteiger partial charge is 0.497 e. The summed E-state index contributed by atoms with van der Waals surface area (Å²) in [6.07, 6.45) is 0. The Morgan fingerprint density at radius 2 is 1.77 bits per heavy atom. The Hall–Kier alpha value is -3.15. The van der Waals surface area contributed by atoms with Crippen LogP contribution < -0.4 is 9.64 Å². The number of hydrogen-bond donors (Lipinski definition) is 1. The van der Waals surface area contributed by atoms with Gasteiger partial charge in [-0.3, -0.25) is 9.59 Å². The number of ether oxygens (including phenoxy) is 1. The topological polar surface area (TPSA) is 83.9 Å². The highest BCUT2D eigenvalue weighted by atomic mass is 16.5. The molecule has 0 radical (unpaired) electrons. The van der Waals surface area contributed by atoms with E-state index in [4.69, 9.17) is 9.84 Å². The van der Waals surface area contributed by atoms with Gasteiger partial charge in [0, 0.05) is 6.07 Å². The van der Waals surface area contributed by atoms with Gasteiger partial charge in [0.2, 0.25) is 0 Å². The number of rotatable bonds is 3. The summed E-state index contributed by atoms with van der Waals surface area (Å²) in [6.45, 7) is 0. The average Bonchev–Trinajstić information content (AvgIpc) is 2.78. The van der Waals surface area contributed by atoms with Gasteiger partial charge in [-0.1, -0.05) is 6.07 Å². The van der Waals surface area contributed by atoms with Gasteiger partial charge in [-0.15, -0.1) is 0 Å². The predicted molar refractivity (Wildman–Crippen MR) is 77.5 cm³/mol. The summed E-state index contributed by atoms with van der Waals surface area (Å²) < 4.78 is 5.09. The minimum absolute atomic E-state index is 0.0348. The molecule has 0 fully saturated rings. The number of aromatic carboxylic acids is 1. The van der Waals surface area contributed by atoms with Gasteiger partial charge < -0.3 is 9.84 Å². The van der Waals surface area contributed by atoms with E-state index in [1.807, 2.05) is 0 Å². The van der Waals surface area contributed by atoms with Gasteiger partial charge >= 0.3 is 5.97 Å². The van der Waals surface area contributed by atoms with Crippen molar-refractivity contribution in [2.75, 3.05) is 12.0 Å². The molecule has 0 unspecified atom stereocenters. The van der Waals surface area contributed by atoms with Crippen LogP contribution in [0.5, 0.6) is 5.75 Å². The summed E-state index contributed by atoms with van der Waals surface area (Å²) in [5.41, 5.74) is 0.625. The molecule has 110 valence electrons. The number of nitrogens with zero attached hydrogens (tertiary/aromatic N) is 1. The summed E-state index contributed by atoms with van der Waals surface area (Å²) in [5, 5.41) is 8.99. The van der Waals surface area contributed by atoms with E-state index < -0.39 is 17.8 Å². The normalized spacial score (nSPS) is 13.2. The number of methoxy groups -OCH3 is 1. The van der Waals surface area contributed by atoms with Crippen molar-refractivity contribution in [3.63, 3.8) is 0 Å². The molecule has 6 nitrogen and oxygen atoms in total. The number of fused-ring (bicyclic) bond motifs is 1. The van der Waals surface area contributed by atoms with Gasteiger partial charge in [0.05, 0.1) is 29.5 Å². The molecule has 6 heteroatoms. The third-order valence-corrected chi connectivity index (χ3v) is 3.45. The molecule has 1 aliphatic rings. The lowest BCUT2D eigenvalue weighted by atomic mass is 10.1. The molecule has 2 amide bonds. The smallest absolute Gasteiger partial charge is 0.335 e. The highest BCUT2D eigenvalue weighted by molar-refractivity contribution is 6.34. The Morgan fingerprint density at radius 1 is 1.05 bits per heavy atom. The third kappa shape index (κ3) is 2.01. The molecule has 0 saturated carbocycles. The van der Waals surface area contributed by atoms with Gasteiger partial charge in [-0.25, -0.2) is 9.69 Å². The van der Waals surface area contributed by atoms with E-state index in [2.05, 4.69) is 0 Å². The van der Waals surface area contributed by atoms with Crippen LogP contribution in [0.25, 0.3) is 0 Å². The zero-order valence-corrected chi connectivity index (χ0v) is 11.6. The Kier molecular flexibility index (Phi) is 3.14. The summed E-state index contributed by atoms with van der Waals surface area (Å²) in [7, 11) is 1.49. The number of amides is 2. The molecule has 0 atom stereocenters. The Bertz CT molecular complexity index is 812. The summed E-state index contributed by atoms with van der Waals surface area (Å²) in [4.78, 5) is 36.9.